The van der Waals surface area contributed by atoms with Crippen LogP contribution < -0.4 is 4.90 Å². The molecule has 1 N–H and O–H groups in total. The predicted octanol–water partition coefficient (Wildman–Crippen LogP) is 0.943. The molecule has 0 amide bonds. The topological polar surface area (TPSA) is 83.6 Å². The summed E-state index contributed by atoms with van der Waals surface area (Å²) in [5.41, 5.74) is 0.554. The summed E-state index contributed by atoms with van der Waals surface area (Å²) in [6.45, 7) is 7.17. The maximum atomic E-state index is 10.8. The molecular formula is C13H17N5O2. The average molecular weight is 275 g/mol. The van der Waals surface area contributed by atoms with Gasteiger partial charge >= 0.3 is 5.97 Å². The molecule has 106 valence electrons. The van der Waals surface area contributed by atoms with Crippen LogP contribution in [0.3, 0.4) is 0 Å². The van der Waals surface area contributed by atoms with Gasteiger partial charge in [-0.15, -0.1) is 15.3 Å². The first-order valence-electron chi connectivity index (χ1n) is 6.57. The first-order chi connectivity index (χ1) is 9.36. The van der Waals surface area contributed by atoms with E-state index >= 15 is 0 Å². The lowest BCUT2D eigenvalue weighted by atomic mass is 9.96. The van der Waals surface area contributed by atoms with Gasteiger partial charge in [-0.25, -0.2) is 0 Å². The number of anilines is 1. The Morgan fingerprint density at radius 2 is 2.00 bits per heavy atom. The second-order valence-electron chi connectivity index (χ2n) is 6.18. The molecule has 0 aromatic carbocycles. The molecule has 1 aliphatic rings. The Kier molecular flexibility index (Phi) is 2.67. The number of hydrogen-bond donors (Lipinski definition) is 1. The molecule has 0 unspecified atom stereocenters. The van der Waals surface area contributed by atoms with Gasteiger partial charge in [-0.05, 0) is 12.1 Å². The fourth-order valence-corrected chi connectivity index (χ4v) is 2.24. The van der Waals surface area contributed by atoms with Crippen LogP contribution >= 0.6 is 0 Å². The number of hydrogen-bond acceptors (Lipinski definition) is 5. The molecule has 2 aromatic rings. The van der Waals surface area contributed by atoms with Gasteiger partial charge in [0.2, 0.25) is 0 Å². The van der Waals surface area contributed by atoms with E-state index in [1.807, 2.05) is 17.0 Å². The van der Waals surface area contributed by atoms with Crippen LogP contribution in [0.15, 0.2) is 12.1 Å². The molecule has 7 heteroatoms. The van der Waals surface area contributed by atoms with Gasteiger partial charge in [0.25, 0.3) is 0 Å². The fourth-order valence-electron chi connectivity index (χ4n) is 2.24. The summed E-state index contributed by atoms with van der Waals surface area (Å²) >= 11 is 0. The van der Waals surface area contributed by atoms with Crippen molar-refractivity contribution in [2.75, 3.05) is 18.0 Å². The van der Waals surface area contributed by atoms with Crippen molar-refractivity contribution in [3.8, 4) is 0 Å². The molecule has 2 aromatic heterocycles. The molecule has 3 heterocycles. The number of fused-ring (bicyclic) bond motifs is 1. The minimum absolute atomic E-state index is 0.149. The van der Waals surface area contributed by atoms with Crippen LogP contribution in [0.4, 0.5) is 5.82 Å². The zero-order valence-corrected chi connectivity index (χ0v) is 11.7. The van der Waals surface area contributed by atoms with E-state index in [4.69, 9.17) is 5.11 Å². The van der Waals surface area contributed by atoms with Gasteiger partial charge in [0, 0.05) is 18.5 Å². The maximum Gasteiger partial charge on any atom is 0.310 e. The highest BCUT2D eigenvalue weighted by molar-refractivity contribution is 5.74. The zero-order valence-electron chi connectivity index (χ0n) is 11.7. The average Bonchev–Trinajstić information content (AvgIpc) is 2.68. The summed E-state index contributed by atoms with van der Waals surface area (Å²) in [7, 11) is 0. The van der Waals surface area contributed by atoms with Crippen LogP contribution in [0, 0.1) is 5.92 Å². The summed E-state index contributed by atoms with van der Waals surface area (Å²) < 4.78 is 1.74. The minimum atomic E-state index is -0.748. The van der Waals surface area contributed by atoms with Gasteiger partial charge < -0.3 is 10.0 Å². The molecule has 1 aliphatic heterocycles. The van der Waals surface area contributed by atoms with Crippen LogP contribution in [-0.2, 0) is 10.2 Å². The van der Waals surface area contributed by atoms with Crippen LogP contribution in [0.1, 0.15) is 26.6 Å². The van der Waals surface area contributed by atoms with E-state index in [2.05, 4.69) is 36.1 Å². The fraction of sp³-hybridized carbons (Fsp3) is 0.538. The van der Waals surface area contributed by atoms with Gasteiger partial charge in [0.05, 0.1) is 5.92 Å². The normalized spacial score (nSPS) is 16.4. The van der Waals surface area contributed by atoms with E-state index in [9.17, 15) is 4.79 Å². The van der Waals surface area contributed by atoms with Crippen LogP contribution in [-0.4, -0.2) is 44.0 Å². The van der Waals surface area contributed by atoms with Crippen molar-refractivity contribution in [1.29, 1.82) is 0 Å². The number of carbonyl (C=O) groups is 1. The van der Waals surface area contributed by atoms with Gasteiger partial charge in [-0.3, -0.25) is 4.79 Å². The van der Waals surface area contributed by atoms with Crippen molar-refractivity contribution in [2.45, 2.75) is 26.2 Å². The quantitative estimate of drug-likeness (QED) is 0.878. The molecular weight excluding hydrogens is 258 g/mol. The van der Waals surface area contributed by atoms with Crippen LogP contribution in [0.5, 0.6) is 0 Å². The SMILES string of the molecule is CC(C)(C)c1nnc2ccc(N3CC(C(=O)O)C3)nn12. The standard InChI is InChI=1S/C13H17N5O2/c1-13(2,3)12-15-14-9-4-5-10(16-18(9)12)17-6-8(7-17)11(19)20/h4-5,8H,6-7H2,1-3H3,(H,19,20). The number of carboxylic acid groups (broad SMARTS) is 1. The minimum Gasteiger partial charge on any atom is -0.481 e. The molecule has 0 spiro atoms. The first kappa shape index (κ1) is 12.8. The highest BCUT2D eigenvalue weighted by Gasteiger charge is 2.33. The summed E-state index contributed by atoms with van der Waals surface area (Å²) in [4.78, 5) is 12.8. The van der Waals surface area contributed by atoms with Crippen LogP contribution in [0.2, 0.25) is 0 Å². The molecule has 0 saturated carbocycles. The summed E-state index contributed by atoms with van der Waals surface area (Å²) in [6, 6.07) is 3.72. The van der Waals surface area contributed by atoms with Crippen molar-refractivity contribution in [2.24, 2.45) is 5.92 Å². The van der Waals surface area contributed by atoms with Crippen molar-refractivity contribution in [3.05, 3.63) is 18.0 Å². The summed E-state index contributed by atoms with van der Waals surface area (Å²) in [5.74, 6) is 0.516. The smallest absolute Gasteiger partial charge is 0.310 e. The van der Waals surface area contributed by atoms with Crippen molar-refractivity contribution in [1.82, 2.24) is 19.8 Å². The second-order valence-corrected chi connectivity index (χ2v) is 6.18. The lowest BCUT2D eigenvalue weighted by Crippen LogP contribution is -2.51. The monoisotopic (exact) mass is 275 g/mol. The molecule has 0 atom stereocenters. The molecule has 0 radical (unpaired) electrons. The van der Waals surface area contributed by atoms with Gasteiger partial charge in [-0.1, -0.05) is 20.8 Å². The first-order valence-corrected chi connectivity index (χ1v) is 6.57. The molecule has 1 saturated heterocycles. The van der Waals surface area contributed by atoms with E-state index in [1.54, 1.807) is 4.52 Å². The molecule has 20 heavy (non-hydrogen) atoms. The number of aliphatic carboxylic acids is 1. The van der Waals surface area contributed by atoms with E-state index in [0.717, 1.165) is 11.6 Å². The van der Waals surface area contributed by atoms with Gasteiger partial charge in [-0.2, -0.15) is 4.52 Å². The Balaban J connectivity index is 1.93. The molecule has 0 aliphatic carbocycles. The van der Waals surface area contributed by atoms with Crippen LogP contribution in [0.25, 0.3) is 5.65 Å². The summed E-state index contributed by atoms with van der Waals surface area (Å²) in [6.07, 6.45) is 0. The Morgan fingerprint density at radius 1 is 1.30 bits per heavy atom. The number of aromatic nitrogens is 4. The lowest BCUT2D eigenvalue weighted by molar-refractivity contribution is -0.142. The Morgan fingerprint density at radius 3 is 2.60 bits per heavy atom. The predicted molar refractivity (Wildman–Crippen MR) is 72.8 cm³/mol. The third-order valence-electron chi connectivity index (χ3n) is 3.47. The number of nitrogens with zero attached hydrogens (tertiary/aromatic N) is 5. The molecule has 1 fully saturated rings. The van der Waals surface area contributed by atoms with E-state index in [0.29, 0.717) is 18.7 Å². The van der Waals surface area contributed by atoms with Crippen molar-refractivity contribution >= 4 is 17.4 Å². The molecule has 7 nitrogen and oxygen atoms in total. The highest BCUT2D eigenvalue weighted by atomic mass is 16.4. The maximum absolute atomic E-state index is 10.8. The number of rotatable bonds is 2. The molecule has 3 rings (SSSR count). The van der Waals surface area contributed by atoms with Gasteiger partial charge in [0.1, 0.15) is 5.82 Å². The third kappa shape index (κ3) is 1.99. The van der Waals surface area contributed by atoms with Crippen molar-refractivity contribution in [3.63, 3.8) is 0 Å². The van der Waals surface area contributed by atoms with Crippen molar-refractivity contribution < 1.29 is 9.90 Å². The number of carboxylic acids is 1. The Labute approximate surface area is 116 Å². The lowest BCUT2D eigenvalue weighted by Gasteiger charge is -2.37. The summed E-state index contributed by atoms with van der Waals surface area (Å²) in [5, 5.41) is 21.8. The second kappa shape index (κ2) is 4.16. The Bertz CT molecular complexity index is 667. The van der Waals surface area contributed by atoms with E-state index in [1.165, 1.54) is 0 Å². The van der Waals surface area contributed by atoms with E-state index in [-0.39, 0.29) is 11.3 Å². The van der Waals surface area contributed by atoms with Gasteiger partial charge in [0.15, 0.2) is 11.5 Å². The largest absolute Gasteiger partial charge is 0.481 e. The Hall–Kier alpha value is -2.18. The zero-order chi connectivity index (χ0) is 14.5. The molecule has 0 bridgehead atoms. The highest BCUT2D eigenvalue weighted by Crippen LogP contribution is 2.25. The third-order valence-corrected chi connectivity index (χ3v) is 3.47. The van der Waals surface area contributed by atoms with E-state index < -0.39 is 5.97 Å².